The number of alkyl halides is 3. The molecule has 1 N–H and O–H groups in total. The van der Waals surface area contributed by atoms with E-state index in [0.717, 1.165) is 17.7 Å². The zero-order valence-corrected chi connectivity index (χ0v) is 12.9. The van der Waals surface area contributed by atoms with Crippen LogP contribution < -0.4 is 4.72 Å². The molecule has 0 saturated carbocycles. The second-order valence-electron chi connectivity index (χ2n) is 4.73. The van der Waals surface area contributed by atoms with Gasteiger partial charge in [0.15, 0.2) is 0 Å². The molecular formula is C15H14F3NO3S. The van der Waals surface area contributed by atoms with Crippen molar-refractivity contribution < 1.29 is 26.3 Å². The van der Waals surface area contributed by atoms with Crippen LogP contribution in [0.15, 0.2) is 53.4 Å². The minimum absolute atomic E-state index is 0.130. The van der Waals surface area contributed by atoms with Gasteiger partial charge in [-0.25, -0.2) is 8.42 Å². The van der Waals surface area contributed by atoms with E-state index in [2.05, 4.69) is 0 Å². The quantitative estimate of drug-likeness (QED) is 0.900. The van der Waals surface area contributed by atoms with Crippen molar-refractivity contribution in [2.24, 2.45) is 0 Å². The summed E-state index contributed by atoms with van der Waals surface area (Å²) in [5.74, 6) is 0. The molecule has 0 aromatic heterocycles. The number of anilines is 1. The molecule has 4 nitrogen and oxygen atoms in total. The number of nitrogens with one attached hydrogen (secondary N) is 1. The lowest BCUT2D eigenvalue weighted by atomic mass is 10.2. The first-order chi connectivity index (χ1) is 10.7. The van der Waals surface area contributed by atoms with Crippen LogP contribution in [0.5, 0.6) is 0 Å². The van der Waals surface area contributed by atoms with Crippen molar-refractivity contribution in [3.63, 3.8) is 0 Å². The maximum atomic E-state index is 12.9. The number of rotatable bonds is 5. The van der Waals surface area contributed by atoms with Gasteiger partial charge in [0.05, 0.1) is 22.8 Å². The average Bonchev–Trinajstić information content (AvgIpc) is 2.47. The van der Waals surface area contributed by atoms with E-state index in [1.54, 1.807) is 0 Å². The lowest BCUT2D eigenvalue weighted by Gasteiger charge is -2.14. The molecule has 23 heavy (non-hydrogen) atoms. The number of methoxy groups -OCH3 is 1. The fourth-order valence-corrected chi connectivity index (χ4v) is 3.03. The second kappa shape index (κ2) is 6.59. The first-order valence-corrected chi connectivity index (χ1v) is 7.99. The minimum atomic E-state index is -4.65. The molecule has 0 spiro atoms. The monoisotopic (exact) mass is 345 g/mol. The van der Waals surface area contributed by atoms with Crippen LogP contribution >= 0.6 is 0 Å². The summed E-state index contributed by atoms with van der Waals surface area (Å²) in [6.07, 6.45) is -4.65. The lowest BCUT2D eigenvalue weighted by Crippen LogP contribution is -2.17. The number of hydrogen-bond donors (Lipinski definition) is 1. The van der Waals surface area contributed by atoms with E-state index in [4.69, 9.17) is 4.74 Å². The van der Waals surface area contributed by atoms with E-state index in [0.29, 0.717) is 6.61 Å². The van der Waals surface area contributed by atoms with E-state index < -0.39 is 27.5 Å². The normalized spacial score (nSPS) is 12.2. The van der Waals surface area contributed by atoms with Crippen LogP contribution in [-0.2, 0) is 27.5 Å². The highest BCUT2D eigenvalue weighted by Crippen LogP contribution is 2.35. The Labute approximate surface area is 132 Å². The standard InChI is InChI=1S/C15H14F3NO3S/c1-22-10-11-6-8-12(9-7-11)23(20,21)19-14-5-3-2-4-13(14)15(16,17)18/h2-9,19H,10H2,1H3. The lowest BCUT2D eigenvalue weighted by molar-refractivity contribution is -0.136. The molecule has 0 aliphatic rings. The molecular weight excluding hydrogens is 331 g/mol. The van der Waals surface area contributed by atoms with Gasteiger partial charge < -0.3 is 4.74 Å². The smallest absolute Gasteiger partial charge is 0.380 e. The van der Waals surface area contributed by atoms with Crippen LogP contribution in [-0.4, -0.2) is 15.5 Å². The highest BCUT2D eigenvalue weighted by atomic mass is 32.2. The maximum Gasteiger partial charge on any atom is 0.418 e. The molecule has 0 aliphatic carbocycles. The molecule has 0 bridgehead atoms. The molecule has 0 aliphatic heterocycles. The van der Waals surface area contributed by atoms with Crippen LogP contribution in [0.1, 0.15) is 11.1 Å². The van der Waals surface area contributed by atoms with E-state index in [-0.39, 0.29) is 4.90 Å². The summed E-state index contributed by atoms with van der Waals surface area (Å²) in [6.45, 7) is 0.310. The summed E-state index contributed by atoms with van der Waals surface area (Å²) in [5, 5.41) is 0. The van der Waals surface area contributed by atoms with E-state index >= 15 is 0 Å². The summed E-state index contributed by atoms with van der Waals surface area (Å²) in [6, 6.07) is 10.1. The van der Waals surface area contributed by atoms with Crippen LogP contribution in [0.25, 0.3) is 0 Å². The molecule has 2 rings (SSSR count). The van der Waals surface area contributed by atoms with Crippen molar-refractivity contribution in [1.29, 1.82) is 0 Å². The zero-order valence-electron chi connectivity index (χ0n) is 12.1. The van der Waals surface area contributed by atoms with Gasteiger partial charge in [-0.05, 0) is 29.8 Å². The molecule has 0 fully saturated rings. The van der Waals surface area contributed by atoms with Crippen molar-refractivity contribution in [1.82, 2.24) is 0 Å². The summed E-state index contributed by atoms with van der Waals surface area (Å²) < 4.78 is 70.1. The predicted molar refractivity (Wildman–Crippen MR) is 79.4 cm³/mol. The molecule has 2 aromatic carbocycles. The van der Waals surface area contributed by atoms with Crippen molar-refractivity contribution in [3.8, 4) is 0 Å². The molecule has 0 amide bonds. The third kappa shape index (κ3) is 4.23. The summed E-state index contributed by atoms with van der Waals surface area (Å²) in [7, 11) is -2.62. The van der Waals surface area contributed by atoms with Gasteiger partial charge >= 0.3 is 6.18 Å². The number of benzene rings is 2. The molecule has 0 atom stereocenters. The Hall–Kier alpha value is -2.06. The maximum absolute atomic E-state index is 12.9. The molecule has 8 heteroatoms. The Bertz CT molecular complexity index is 771. The molecule has 124 valence electrons. The van der Waals surface area contributed by atoms with Crippen LogP contribution in [0.2, 0.25) is 0 Å². The van der Waals surface area contributed by atoms with Gasteiger partial charge in [-0.3, -0.25) is 4.72 Å². The number of sulfonamides is 1. The Kier molecular flexibility index (Phi) is 4.96. The third-order valence-electron chi connectivity index (χ3n) is 3.02. The zero-order chi connectivity index (χ0) is 17.1. The number of hydrogen-bond acceptors (Lipinski definition) is 3. The topological polar surface area (TPSA) is 55.4 Å². The highest BCUT2D eigenvalue weighted by molar-refractivity contribution is 7.92. The van der Waals surface area contributed by atoms with Crippen LogP contribution in [0.4, 0.5) is 18.9 Å². The van der Waals surface area contributed by atoms with E-state index in [9.17, 15) is 21.6 Å². The number of ether oxygens (including phenoxy) is 1. The van der Waals surface area contributed by atoms with Gasteiger partial charge in [0.25, 0.3) is 10.0 Å². The fourth-order valence-electron chi connectivity index (χ4n) is 1.95. The van der Waals surface area contributed by atoms with Gasteiger partial charge in [0.2, 0.25) is 0 Å². The Morgan fingerprint density at radius 2 is 1.65 bits per heavy atom. The second-order valence-corrected chi connectivity index (χ2v) is 6.41. The molecule has 2 aromatic rings. The van der Waals surface area contributed by atoms with Gasteiger partial charge in [-0.15, -0.1) is 0 Å². The molecule has 0 heterocycles. The Morgan fingerprint density at radius 3 is 2.22 bits per heavy atom. The van der Waals surface area contributed by atoms with Gasteiger partial charge in [0, 0.05) is 7.11 Å². The largest absolute Gasteiger partial charge is 0.418 e. The summed E-state index contributed by atoms with van der Waals surface area (Å²) in [5.41, 5.74) is -0.803. The molecule has 0 saturated heterocycles. The average molecular weight is 345 g/mol. The van der Waals surface area contributed by atoms with Crippen molar-refractivity contribution in [2.45, 2.75) is 17.7 Å². The SMILES string of the molecule is COCc1ccc(S(=O)(=O)Nc2ccccc2C(F)(F)F)cc1. The first-order valence-electron chi connectivity index (χ1n) is 6.51. The fraction of sp³-hybridized carbons (Fsp3) is 0.200. The summed E-state index contributed by atoms with van der Waals surface area (Å²) in [4.78, 5) is -0.130. The van der Waals surface area contributed by atoms with Gasteiger partial charge in [0.1, 0.15) is 0 Å². The van der Waals surface area contributed by atoms with Crippen molar-refractivity contribution in [2.75, 3.05) is 11.8 Å². The van der Waals surface area contributed by atoms with Gasteiger partial charge in [-0.2, -0.15) is 13.2 Å². The third-order valence-corrected chi connectivity index (χ3v) is 4.40. The van der Waals surface area contributed by atoms with Gasteiger partial charge in [-0.1, -0.05) is 24.3 Å². The Balaban J connectivity index is 2.32. The highest BCUT2D eigenvalue weighted by Gasteiger charge is 2.34. The number of halogens is 3. The predicted octanol–water partition coefficient (Wildman–Crippen LogP) is 3.65. The molecule has 0 radical (unpaired) electrons. The summed E-state index contributed by atoms with van der Waals surface area (Å²) >= 11 is 0. The Morgan fingerprint density at radius 1 is 1.04 bits per heavy atom. The van der Waals surface area contributed by atoms with Crippen molar-refractivity contribution >= 4 is 15.7 Å². The minimum Gasteiger partial charge on any atom is -0.380 e. The first kappa shape index (κ1) is 17.3. The van der Waals surface area contributed by atoms with E-state index in [1.165, 1.54) is 43.5 Å². The number of para-hydroxylation sites is 1. The van der Waals surface area contributed by atoms with Crippen molar-refractivity contribution in [3.05, 3.63) is 59.7 Å². The van der Waals surface area contributed by atoms with E-state index in [1.807, 2.05) is 4.72 Å². The molecule has 0 unspecified atom stereocenters. The van der Waals surface area contributed by atoms with Crippen LogP contribution in [0, 0.1) is 0 Å². The van der Waals surface area contributed by atoms with Crippen LogP contribution in [0.3, 0.4) is 0 Å².